The number of amides is 1. The van der Waals surface area contributed by atoms with Crippen molar-refractivity contribution < 1.29 is 18.7 Å². The minimum Gasteiger partial charge on any atom is -0.464 e. The van der Waals surface area contributed by atoms with E-state index in [1.54, 1.807) is 16.8 Å². The molecule has 2 aromatic carbocycles. The zero-order valence-electron chi connectivity index (χ0n) is 20.5. The zero-order valence-corrected chi connectivity index (χ0v) is 20.5. The molecule has 0 radical (unpaired) electrons. The van der Waals surface area contributed by atoms with Gasteiger partial charge in [-0.05, 0) is 35.2 Å². The number of carbonyl (C=O) groups excluding carboxylic acids is 2. The number of carbonyl (C=O) groups is 2. The molecule has 2 N–H and O–H groups in total. The van der Waals surface area contributed by atoms with Crippen LogP contribution >= 0.6 is 0 Å². The van der Waals surface area contributed by atoms with Crippen LogP contribution in [0.3, 0.4) is 0 Å². The Bertz CT molecular complexity index is 1380. The van der Waals surface area contributed by atoms with Crippen LogP contribution in [0.25, 0.3) is 11.0 Å². The predicted octanol–water partition coefficient (Wildman–Crippen LogP) is 5.41. The van der Waals surface area contributed by atoms with Crippen molar-refractivity contribution >= 4 is 34.3 Å². The average Bonchev–Trinajstić information content (AvgIpc) is 3.14. The van der Waals surface area contributed by atoms with Crippen molar-refractivity contribution in [1.29, 1.82) is 0 Å². The van der Waals surface area contributed by atoms with Crippen LogP contribution in [-0.4, -0.2) is 28.5 Å². The van der Waals surface area contributed by atoms with Gasteiger partial charge >= 0.3 is 5.97 Å². The number of rotatable bonds is 9. The quantitative estimate of drug-likeness (QED) is 0.308. The summed E-state index contributed by atoms with van der Waals surface area (Å²) in [5.74, 6) is -0.907. The van der Waals surface area contributed by atoms with Crippen molar-refractivity contribution in [2.24, 2.45) is 5.92 Å². The topological polar surface area (TPSA) is 85.2 Å². The molecule has 0 unspecified atom stereocenters. The van der Waals surface area contributed by atoms with Crippen LogP contribution in [0.5, 0.6) is 0 Å². The Morgan fingerprint density at radius 2 is 1.81 bits per heavy atom. The number of hydrogen-bond donors (Lipinski definition) is 2. The highest BCUT2D eigenvalue weighted by molar-refractivity contribution is 6.11. The molecule has 0 spiro atoms. The van der Waals surface area contributed by atoms with Crippen molar-refractivity contribution in [3.63, 3.8) is 0 Å². The Hall–Kier alpha value is -4.20. The van der Waals surface area contributed by atoms with E-state index in [2.05, 4.69) is 15.6 Å². The number of halogens is 1. The third-order valence-electron chi connectivity index (χ3n) is 5.68. The van der Waals surface area contributed by atoms with E-state index in [4.69, 9.17) is 4.74 Å². The molecule has 0 aliphatic rings. The lowest BCUT2D eigenvalue weighted by Crippen LogP contribution is -2.19. The molecule has 8 heteroatoms. The summed E-state index contributed by atoms with van der Waals surface area (Å²) in [5, 5.41) is 6.80. The molecule has 186 valence electrons. The fourth-order valence-corrected chi connectivity index (χ4v) is 4.12. The van der Waals surface area contributed by atoms with Crippen molar-refractivity contribution in [1.82, 2.24) is 9.55 Å². The number of benzene rings is 2. The smallest absolute Gasteiger partial charge is 0.356 e. The Kier molecular flexibility index (Phi) is 7.63. The molecule has 36 heavy (non-hydrogen) atoms. The molecule has 0 aliphatic carbocycles. The first-order valence-corrected chi connectivity index (χ1v) is 11.8. The molecular weight excluding hydrogens is 459 g/mol. The van der Waals surface area contributed by atoms with Gasteiger partial charge in [0.05, 0.1) is 31.1 Å². The van der Waals surface area contributed by atoms with Gasteiger partial charge in [-0.25, -0.2) is 14.2 Å². The molecule has 4 aromatic rings. The van der Waals surface area contributed by atoms with Gasteiger partial charge in [-0.15, -0.1) is 0 Å². The highest BCUT2D eigenvalue weighted by Gasteiger charge is 2.26. The van der Waals surface area contributed by atoms with Crippen molar-refractivity contribution in [3.05, 3.63) is 89.5 Å². The Balaban J connectivity index is 1.74. The standard InChI is InChI=1S/C28H29FN4O3/c1-18(2)17-33-26(28(35)36-3)25(32-24(34)13-19-8-5-4-6-9-19)23-14-22(16-31-27(23)33)30-15-20-10-7-11-21(29)12-20/h4-12,14,16,18,30H,13,15,17H2,1-3H3,(H,32,34). The maximum atomic E-state index is 13.6. The van der Waals surface area contributed by atoms with Gasteiger partial charge in [0.25, 0.3) is 0 Å². The Morgan fingerprint density at radius 1 is 1.06 bits per heavy atom. The van der Waals surface area contributed by atoms with E-state index >= 15 is 0 Å². The van der Waals surface area contributed by atoms with Gasteiger partial charge < -0.3 is 19.9 Å². The zero-order chi connectivity index (χ0) is 25.7. The first-order valence-electron chi connectivity index (χ1n) is 11.8. The van der Waals surface area contributed by atoms with Gasteiger partial charge in [-0.2, -0.15) is 0 Å². The highest BCUT2D eigenvalue weighted by atomic mass is 19.1. The van der Waals surface area contributed by atoms with Gasteiger partial charge in [-0.3, -0.25) is 4.79 Å². The number of nitrogens with one attached hydrogen (secondary N) is 2. The number of anilines is 2. The van der Waals surface area contributed by atoms with Gasteiger partial charge in [-0.1, -0.05) is 56.3 Å². The van der Waals surface area contributed by atoms with E-state index in [-0.39, 0.29) is 29.8 Å². The molecule has 0 aliphatic heterocycles. The summed E-state index contributed by atoms with van der Waals surface area (Å²) in [6, 6.07) is 17.6. The molecule has 0 fully saturated rings. The largest absolute Gasteiger partial charge is 0.464 e. The summed E-state index contributed by atoms with van der Waals surface area (Å²) in [6.07, 6.45) is 1.82. The second-order valence-electron chi connectivity index (χ2n) is 9.01. The summed E-state index contributed by atoms with van der Waals surface area (Å²) in [5.41, 5.74) is 3.48. The van der Waals surface area contributed by atoms with E-state index in [0.29, 0.717) is 35.5 Å². The van der Waals surface area contributed by atoms with Gasteiger partial charge in [0.1, 0.15) is 11.5 Å². The minimum atomic E-state index is -0.557. The number of aromatic nitrogens is 2. The Morgan fingerprint density at radius 3 is 2.50 bits per heavy atom. The highest BCUT2D eigenvalue weighted by Crippen LogP contribution is 2.33. The summed E-state index contributed by atoms with van der Waals surface area (Å²) in [4.78, 5) is 30.5. The van der Waals surface area contributed by atoms with Gasteiger partial charge in [0.2, 0.25) is 5.91 Å². The molecule has 4 rings (SSSR count). The molecule has 0 atom stereocenters. The second kappa shape index (κ2) is 11.0. The molecule has 2 aromatic heterocycles. The maximum absolute atomic E-state index is 13.6. The molecule has 0 saturated heterocycles. The monoisotopic (exact) mass is 488 g/mol. The molecule has 2 heterocycles. The van der Waals surface area contributed by atoms with Crippen LogP contribution in [-0.2, 0) is 29.0 Å². The number of methoxy groups -OCH3 is 1. The predicted molar refractivity (Wildman–Crippen MR) is 138 cm³/mol. The summed E-state index contributed by atoms with van der Waals surface area (Å²) >= 11 is 0. The lowest BCUT2D eigenvalue weighted by molar-refractivity contribution is -0.115. The lowest BCUT2D eigenvalue weighted by Gasteiger charge is -2.12. The molecular formula is C28H29FN4O3. The molecule has 7 nitrogen and oxygen atoms in total. The fourth-order valence-electron chi connectivity index (χ4n) is 4.12. The SMILES string of the molecule is COC(=O)c1c(NC(=O)Cc2ccccc2)c2cc(NCc3cccc(F)c3)cnc2n1CC(C)C. The second-order valence-corrected chi connectivity index (χ2v) is 9.01. The third-order valence-corrected chi connectivity index (χ3v) is 5.68. The van der Waals surface area contributed by atoms with Crippen molar-refractivity contribution in [2.45, 2.75) is 33.4 Å². The van der Waals surface area contributed by atoms with Crippen molar-refractivity contribution in [2.75, 3.05) is 17.7 Å². The van der Waals surface area contributed by atoms with Crippen LogP contribution < -0.4 is 10.6 Å². The molecule has 0 saturated carbocycles. The first-order chi connectivity index (χ1) is 17.4. The van der Waals surface area contributed by atoms with Crippen LogP contribution in [0.15, 0.2) is 66.9 Å². The summed E-state index contributed by atoms with van der Waals surface area (Å²) < 4.78 is 20.4. The minimum absolute atomic E-state index is 0.156. The van der Waals surface area contributed by atoms with Gasteiger partial charge in [0.15, 0.2) is 5.69 Å². The fraction of sp³-hybridized carbons (Fsp3) is 0.250. The van der Waals surface area contributed by atoms with Crippen LogP contribution in [0, 0.1) is 11.7 Å². The number of hydrogen-bond acceptors (Lipinski definition) is 5. The van der Waals surface area contributed by atoms with Crippen LogP contribution in [0.4, 0.5) is 15.8 Å². The first kappa shape index (κ1) is 24.9. The normalized spacial score (nSPS) is 11.0. The number of esters is 1. The summed E-state index contributed by atoms with van der Waals surface area (Å²) in [6.45, 7) is 4.97. The van der Waals surface area contributed by atoms with Gasteiger partial charge in [0, 0.05) is 18.5 Å². The molecule has 1 amide bonds. The summed E-state index contributed by atoms with van der Waals surface area (Å²) in [7, 11) is 1.31. The van der Waals surface area contributed by atoms with Crippen LogP contribution in [0.2, 0.25) is 0 Å². The Labute approximate surface area is 209 Å². The number of fused-ring (bicyclic) bond motifs is 1. The van der Waals surface area contributed by atoms with E-state index in [0.717, 1.165) is 11.1 Å². The van der Waals surface area contributed by atoms with E-state index in [1.807, 2.05) is 56.3 Å². The van der Waals surface area contributed by atoms with E-state index in [9.17, 15) is 14.0 Å². The lowest BCUT2D eigenvalue weighted by atomic mass is 10.1. The van der Waals surface area contributed by atoms with Crippen molar-refractivity contribution in [3.8, 4) is 0 Å². The maximum Gasteiger partial charge on any atom is 0.356 e. The van der Waals surface area contributed by atoms with E-state index in [1.165, 1.54) is 19.2 Å². The van der Waals surface area contributed by atoms with Crippen LogP contribution in [0.1, 0.15) is 35.5 Å². The number of pyridine rings is 1. The number of nitrogens with zero attached hydrogens (tertiary/aromatic N) is 2. The third kappa shape index (κ3) is 5.71. The van der Waals surface area contributed by atoms with E-state index < -0.39 is 5.97 Å². The number of ether oxygens (including phenoxy) is 1. The molecule has 0 bridgehead atoms. The average molecular weight is 489 g/mol.